The second-order valence-corrected chi connectivity index (χ2v) is 1.40. The van der Waals surface area contributed by atoms with Gasteiger partial charge in [0.25, 0.3) is 0 Å². The van der Waals surface area contributed by atoms with Gasteiger partial charge in [0.1, 0.15) is 0 Å². The number of allylic oxidation sites excluding steroid dienone is 1. The summed E-state index contributed by atoms with van der Waals surface area (Å²) < 4.78 is 1.72. The van der Waals surface area contributed by atoms with Crippen LogP contribution in [0.2, 0.25) is 0 Å². The molecule has 0 radical (unpaired) electrons. The van der Waals surface area contributed by atoms with Crippen molar-refractivity contribution in [1.29, 1.82) is 0 Å². The quantitative estimate of drug-likeness (QED) is 0.411. The maximum atomic E-state index is 8.26. The van der Waals surface area contributed by atoms with Crippen molar-refractivity contribution in [1.82, 2.24) is 0 Å². The molecule has 0 bridgehead atoms. The molecule has 0 saturated heterocycles. The predicted octanol–water partition coefficient (Wildman–Crippen LogP) is -0.182. The standard InChI is InChI=1S/C4H5N2.V/c1-2-3-4(5)6;/h1-3H,(H2-,5,6);/q-1;/b3-2-;. The van der Waals surface area contributed by atoms with Crippen LogP contribution in [-0.4, -0.2) is 10.6 Å². The van der Waals surface area contributed by atoms with Gasteiger partial charge in [0.2, 0.25) is 0 Å². The molecule has 0 aliphatic carbocycles. The van der Waals surface area contributed by atoms with Gasteiger partial charge < -0.3 is 0 Å². The Morgan fingerprint density at radius 3 is 2.43 bits per heavy atom. The van der Waals surface area contributed by atoms with Crippen LogP contribution in [0, 0.1) is 0 Å². The molecule has 0 unspecified atom stereocenters. The molecule has 0 amide bonds. The molecule has 0 atom stereocenters. The van der Waals surface area contributed by atoms with Gasteiger partial charge >= 0.3 is 50.8 Å². The van der Waals surface area contributed by atoms with Crippen LogP contribution in [0.15, 0.2) is 12.2 Å². The summed E-state index contributed by atoms with van der Waals surface area (Å²) in [7, 11) is 0. The molecule has 7 heavy (non-hydrogen) atoms. The third-order valence-corrected chi connectivity index (χ3v) is 0.622. The summed E-state index contributed by atoms with van der Waals surface area (Å²) in [5, 5.41) is 8.26. The molecule has 0 aromatic carbocycles. The van der Waals surface area contributed by atoms with Crippen molar-refractivity contribution in [3.8, 4) is 0 Å². The summed E-state index contributed by atoms with van der Waals surface area (Å²) in [6.07, 6.45) is 3.04. The van der Waals surface area contributed by atoms with E-state index < -0.39 is 0 Å². The van der Waals surface area contributed by atoms with E-state index in [2.05, 4.69) is 17.0 Å². The summed E-state index contributed by atoms with van der Waals surface area (Å²) in [6, 6.07) is 0. The van der Waals surface area contributed by atoms with Gasteiger partial charge in [-0.1, -0.05) is 0 Å². The van der Waals surface area contributed by atoms with E-state index in [1.807, 2.05) is 0 Å². The molecule has 3 heteroatoms. The molecule has 0 saturated carbocycles. The third-order valence-electron chi connectivity index (χ3n) is 0.353. The summed E-state index contributed by atoms with van der Waals surface area (Å²) >= 11 is 2.23. The molecule has 2 nitrogen and oxygen atoms in total. The average Bonchev–Trinajstić information content (AvgIpc) is 1.61. The Balaban J connectivity index is 3.46. The monoisotopic (exact) mass is 132 g/mol. The van der Waals surface area contributed by atoms with Crippen molar-refractivity contribution in [3.05, 3.63) is 17.6 Å². The fourth-order valence-electron chi connectivity index (χ4n) is 0.142. The number of hydrogen-bond acceptors (Lipinski definition) is 0. The van der Waals surface area contributed by atoms with Gasteiger partial charge in [0.05, 0.1) is 0 Å². The molecule has 0 aliphatic heterocycles. The number of hydrogen-bond donors (Lipinski definition) is 1. The zero-order valence-corrected chi connectivity index (χ0v) is 5.10. The van der Waals surface area contributed by atoms with Crippen molar-refractivity contribution >= 4 is 10.6 Å². The molecule has 0 aromatic heterocycles. The van der Waals surface area contributed by atoms with Gasteiger partial charge in [-0.2, -0.15) is 0 Å². The van der Waals surface area contributed by atoms with Crippen molar-refractivity contribution in [3.63, 3.8) is 0 Å². The van der Waals surface area contributed by atoms with Crippen molar-refractivity contribution in [2.24, 2.45) is 5.73 Å². The first kappa shape index (κ1) is 6.66. The molecule has 0 fully saturated rings. The number of nitrogens with zero attached hydrogens (tertiary/aromatic N) is 1. The summed E-state index contributed by atoms with van der Waals surface area (Å²) in [5.41, 5.74) is 4.84. The topological polar surface area (TPSA) is 48.3 Å². The van der Waals surface area contributed by atoms with E-state index in [-0.39, 0.29) is 5.84 Å². The van der Waals surface area contributed by atoms with E-state index >= 15 is 0 Å². The zero-order chi connectivity index (χ0) is 5.70. The molecule has 2 N–H and O–H groups in total. The van der Waals surface area contributed by atoms with E-state index in [0.29, 0.717) is 0 Å². The van der Waals surface area contributed by atoms with Crippen LogP contribution in [-0.2, 0) is 17.0 Å². The average molecular weight is 132 g/mol. The molecule has 0 aliphatic rings. The van der Waals surface area contributed by atoms with Crippen LogP contribution in [0.1, 0.15) is 0 Å². The fraction of sp³-hybridized carbons (Fsp3) is 0. The van der Waals surface area contributed by atoms with Crippen molar-refractivity contribution in [2.45, 2.75) is 0 Å². The minimum absolute atomic E-state index is 0.165. The van der Waals surface area contributed by atoms with Crippen molar-refractivity contribution < 1.29 is 17.0 Å². The first-order valence-electron chi connectivity index (χ1n) is 1.73. The maximum absolute atomic E-state index is 8.26. The number of nitrogens with two attached hydrogens (primary N) is 1. The van der Waals surface area contributed by atoms with Gasteiger partial charge in [-0.3, -0.25) is 0 Å². The minimum atomic E-state index is -0.165. The Labute approximate surface area is 51.4 Å². The van der Waals surface area contributed by atoms with Gasteiger partial charge in [-0.05, 0) is 0 Å². The zero-order valence-electron chi connectivity index (χ0n) is 3.70. The second-order valence-electron chi connectivity index (χ2n) is 0.933. The van der Waals surface area contributed by atoms with Crippen LogP contribution in [0.5, 0.6) is 0 Å². The van der Waals surface area contributed by atoms with Crippen LogP contribution < -0.4 is 5.73 Å². The van der Waals surface area contributed by atoms with Gasteiger partial charge in [-0.15, -0.1) is 0 Å². The molecule has 0 rings (SSSR count). The van der Waals surface area contributed by atoms with E-state index in [1.165, 1.54) is 6.08 Å². The molecular formula is C4H5N2V-. The molecular weight excluding hydrogens is 127 g/mol. The number of rotatable bonds is 2. The summed E-state index contributed by atoms with van der Waals surface area (Å²) in [6.45, 7) is 0. The third kappa shape index (κ3) is 5.66. The molecule has 0 heterocycles. The van der Waals surface area contributed by atoms with E-state index in [1.54, 1.807) is 10.8 Å². The molecule has 37 valence electrons. The normalized spacial score (nSPS) is 9.00. The molecule has 0 spiro atoms. The van der Waals surface area contributed by atoms with Crippen LogP contribution in [0.25, 0.3) is 5.41 Å². The van der Waals surface area contributed by atoms with Crippen LogP contribution >= 0.6 is 0 Å². The summed E-state index contributed by atoms with van der Waals surface area (Å²) in [5.74, 6) is -0.165. The van der Waals surface area contributed by atoms with Gasteiger partial charge in [-0.25, -0.2) is 0 Å². The Morgan fingerprint density at radius 1 is 1.71 bits per heavy atom. The van der Waals surface area contributed by atoms with Crippen molar-refractivity contribution in [2.75, 3.05) is 0 Å². The van der Waals surface area contributed by atoms with Crippen LogP contribution in [0.3, 0.4) is 0 Å². The summed E-state index contributed by atoms with van der Waals surface area (Å²) in [4.78, 5) is 0. The van der Waals surface area contributed by atoms with Gasteiger partial charge in [0.15, 0.2) is 0 Å². The number of amidine groups is 1. The first-order valence-corrected chi connectivity index (χ1v) is 2.53. The van der Waals surface area contributed by atoms with Crippen LogP contribution in [0.4, 0.5) is 0 Å². The Bertz CT molecular complexity index is 106. The van der Waals surface area contributed by atoms with E-state index in [9.17, 15) is 0 Å². The molecule has 0 aromatic rings. The Kier molecular flexibility index (Phi) is 3.66. The Morgan fingerprint density at radius 2 is 2.29 bits per heavy atom. The predicted molar refractivity (Wildman–Crippen MR) is 27.8 cm³/mol. The SMILES string of the molecule is [N-]=C(N)/C=C\[CH]=[V]. The Hall–Kier alpha value is -0.336. The second kappa shape index (κ2) is 3.84. The van der Waals surface area contributed by atoms with Gasteiger partial charge in [0, 0.05) is 0 Å². The van der Waals surface area contributed by atoms with E-state index in [0.717, 1.165) is 0 Å². The fourth-order valence-corrected chi connectivity index (χ4v) is 0.276. The van der Waals surface area contributed by atoms with E-state index in [4.69, 9.17) is 11.1 Å². The first-order chi connectivity index (χ1) is 3.27.